The Labute approximate surface area is 150 Å². The van der Waals surface area contributed by atoms with Crippen molar-refractivity contribution in [3.05, 3.63) is 77.5 Å². The van der Waals surface area contributed by atoms with Gasteiger partial charge in [-0.15, -0.1) is 0 Å². The summed E-state index contributed by atoms with van der Waals surface area (Å²) in [7, 11) is 0. The summed E-state index contributed by atoms with van der Waals surface area (Å²) in [5.41, 5.74) is 7.47. The summed E-state index contributed by atoms with van der Waals surface area (Å²) >= 11 is 0. The Hall–Kier alpha value is -3.72. The quantitative estimate of drug-likeness (QED) is 0.737. The number of pyridine rings is 1. The van der Waals surface area contributed by atoms with Gasteiger partial charge in [0.15, 0.2) is 0 Å². The van der Waals surface area contributed by atoms with Gasteiger partial charge in [0, 0.05) is 18.0 Å². The number of hydrogen-bond donors (Lipinski definition) is 2. The highest BCUT2D eigenvalue weighted by atomic mass is 16.2. The van der Waals surface area contributed by atoms with Crippen LogP contribution >= 0.6 is 0 Å². The van der Waals surface area contributed by atoms with Gasteiger partial charge in [-0.05, 0) is 23.8 Å². The number of para-hydroxylation sites is 1. The van der Waals surface area contributed by atoms with Crippen LogP contribution in [0.15, 0.2) is 60.8 Å². The van der Waals surface area contributed by atoms with E-state index in [4.69, 9.17) is 5.73 Å². The number of carbonyl (C=O) groups is 2. The van der Waals surface area contributed by atoms with E-state index in [2.05, 4.69) is 16.4 Å². The molecule has 0 saturated carbocycles. The van der Waals surface area contributed by atoms with Gasteiger partial charge in [0.05, 0.1) is 22.7 Å². The molecule has 128 valence electrons. The summed E-state index contributed by atoms with van der Waals surface area (Å²) in [6.07, 6.45) is 1.75. The van der Waals surface area contributed by atoms with E-state index < -0.39 is 17.9 Å². The molecular weight excluding hydrogens is 328 g/mol. The summed E-state index contributed by atoms with van der Waals surface area (Å²) in [6, 6.07) is 16.9. The second-order valence-corrected chi connectivity index (χ2v) is 5.78. The van der Waals surface area contributed by atoms with Gasteiger partial charge in [0.2, 0.25) is 5.91 Å². The fourth-order valence-corrected chi connectivity index (χ4v) is 2.77. The maximum Gasteiger partial charge on any atom is 0.254 e. The van der Waals surface area contributed by atoms with Crippen LogP contribution in [0.5, 0.6) is 0 Å². The minimum Gasteiger partial charge on any atom is -0.368 e. The van der Waals surface area contributed by atoms with Gasteiger partial charge in [0.1, 0.15) is 6.04 Å². The van der Waals surface area contributed by atoms with Crippen molar-refractivity contribution in [3.63, 3.8) is 0 Å². The summed E-state index contributed by atoms with van der Waals surface area (Å²) in [5.74, 6) is -1.10. The number of primary amides is 1. The first kappa shape index (κ1) is 17.1. The highest BCUT2D eigenvalue weighted by Crippen LogP contribution is 2.16. The van der Waals surface area contributed by atoms with Gasteiger partial charge >= 0.3 is 0 Å². The second kappa shape index (κ2) is 7.45. The molecule has 1 atom stereocenters. The zero-order valence-corrected chi connectivity index (χ0v) is 13.8. The first-order valence-corrected chi connectivity index (χ1v) is 8.02. The summed E-state index contributed by atoms with van der Waals surface area (Å²) < 4.78 is 0. The number of nitrogens with zero attached hydrogens (tertiary/aromatic N) is 2. The first-order chi connectivity index (χ1) is 12.6. The lowest BCUT2D eigenvalue weighted by atomic mass is 10.00. The van der Waals surface area contributed by atoms with E-state index in [0.717, 1.165) is 5.39 Å². The topological polar surface area (TPSA) is 109 Å². The molecule has 0 fully saturated rings. The van der Waals surface area contributed by atoms with Gasteiger partial charge in [-0.25, -0.2) is 0 Å². The van der Waals surface area contributed by atoms with Crippen molar-refractivity contribution in [1.82, 2.24) is 10.3 Å². The molecule has 0 unspecified atom stereocenters. The molecule has 6 heteroatoms. The van der Waals surface area contributed by atoms with Crippen LogP contribution in [0.1, 0.15) is 21.5 Å². The Morgan fingerprint density at radius 3 is 2.65 bits per heavy atom. The maximum absolute atomic E-state index is 12.7. The number of nitrogens with one attached hydrogen (secondary N) is 1. The number of nitriles is 1. The Morgan fingerprint density at radius 1 is 1.12 bits per heavy atom. The average molecular weight is 344 g/mol. The van der Waals surface area contributed by atoms with Crippen LogP contribution < -0.4 is 11.1 Å². The third-order valence-electron chi connectivity index (χ3n) is 4.09. The lowest BCUT2D eigenvalue weighted by Crippen LogP contribution is -2.46. The molecule has 0 aliphatic heterocycles. The molecule has 2 amide bonds. The van der Waals surface area contributed by atoms with Crippen molar-refractivity contribution >= 4 is 22.7 Å². The van der Waals surface area contributed by atoms with Gasteiger partial charge in [-0.1, -0.05) is 36.4 Å². The van der Waals surface area contributed by atoms with Crippen molar-refractivity contribution in [1.29, 1.82) is 5.26 Å². The van der Waals surface area contributed by atoms with Gasteiger partial charge in [-0.3, -0.25) is 14.6 Å². The number of nitrogens with two attached hydrogens (primary N) is 1. The average Bonchev–Trinajstić information content (AvgIpc) is 2.67. The molecule has 3 aromatic rings. The molecule has 0 radical (unpaired) electrons. The van der Waals surface area contributed by atoms with Gasteiger partial charge in [0.25, 0.3) is 5.91 Å². The van der Waals surface area contributed by atoms with E-state index in [1.165, 1.54) is 0 Å². The highest BCUT2D eigenvalue weighted by molar-refractivity contribution is 6.06. The lowest BCUT2D eigenvalue weighted by Gasteiger charge is -2.17. The lowest BCUT2D eigenvalue weighted by molar-refractivity contribution is -0.119. The fourth-order valence-electron chi connectivity index (χ4n) is 2.77. The minimum absolute atomic E-state index is 0.142. The summed E-state index contributed by atoms with van der Waals surface area (Å²) in [6.45, 7) is 0. The molecule has 2 aromatic carbocycles. The molecule has 3 N–H and O–H groups in total. The monoisotopic (exact) mass is 344 g/mol. The van der Waals surface area contributed by atoms with E-state index >= 15 is 0 Å². The Morgan fingerprint density at radius 2 is 1.88 bits per heavy atom. The SMILES string of the molecule is N#Cc1ccccc1C[C@H](NC(=O)c1cccc2cccnc12)C(N)=O. The van der Waals surface area contributed by atoms with Crippen molar-refractivity contribution < 1.29 is 9.59 Å². The molecule has 0 spiro atoms. The molecule has 0 aliphatic rings. The van der Waals surface area contributed by atoms with E-state index in [0.29, 0.717) is 22.2 Å². The standard InChI is InChI=1S/C20H16N4O2/c21-12-15-6-2-1-5-14(15)11-17(19(22)25)24-20(26)16-9-3-7-13-8-4-10-23-18(13)16/h1-10,17H,11H2,(H2,22,25)(H,24,26)/t17-/m0/s1. The molecule has 3 rings (SSSR count). The Kier molecular flexibility index (Phi) is 4.90. The van der Waals surface area contributed by atoms with Crippen LogP contribution in [-0.2, 0) is 11.2 Å². The third kappa shape index (κ3) is 3.52. The minimum atomic E-state index is -0.934. The van der Waals surface area contributed by atoms with Crippen molar-refractivity contribution in [2.75, 3.05) is 0 Å². The Balaban J connectivity index is 1.87. The normalized spacial score (nSPS) is 11.5. The van der Waals surface area contributed by atoms with Gasteiger partial charge in [-0.2, -0.15) is 5.26 Å². The largest absolute Gasteiger partial charge is 0.368 e. The molecule has 1 aromatic heterocycles. The van der Waals surface area contributed by atoms with E-state index in [1.807, 2.05) is 12.1 Å². The number of fused-ring (bicyclic) bond motifs is 1. The summed E-state index contributed by atoms with van der Waals surface area (Å²) in [5, 5.41) is 12.7. The number of carbonyl (C=O) groups excluding carboxylic acids is 2. The van der Waals surface area contributed by atoms with Crippen LogP contribution in [0.2, 0.25) is 0 Å². The Bertz CT molecular complexity index is 1020. The van der Waals surface area contributed by atoms with E-state index in [-0.39, 0.29) is 6.42 Å². The van der Waals surface area contributed by atoms with Crippen LogP contribution in [0.4, 0.5) is 0 Å². The summed E-state index contributed by atoms with van der Waals surface area (Å²) in [4.78, 5) is 28.8. The zero-order valence-electron chi connectivity index (χ0n) is 13.8. The smallest absolute Gasteiger partial charge is 0.254 e. The number of hydrogen-bond acceptors (Lipinski definition) is 4. The second-order valence-electron chi connectivity index (χ2n) is 5.78. The molecule has 6 nitrogen and oxygen atoms in total. The molecule has 0 bridgehead atoms. The first-order valence-electron chi connectivity index (χ1n) is 8.02. The molecule has 0 aliphatic carbocycles. The maximum atomic E-state index is 12.7. The molecule has 1 heterocycles. The third-order valence-corrected chi connectivity index (χ3v) is 4.09. The predicted octanol–water partition coefficient (Wildman–Crippen LogP) is 1.93. The van der Waals surface area contributed by atoms with E-state index in [9.17, 15) is 14.9 Å². The number of rotatable bonds is 5. The number of amides is 2. The zero-order chi connectivity index (χ0) is 18.5. The van der Waals surface area contributed by atoms with Crippen molar-refractivity contribution in [3.8, 4) is 6.07 Å². The van der Waals surface area contributed by atoms with E-state index in [1.54, 1.807) is 48.7 Å². The van der Waals surface area contributed by atoms with Crippen LogP contribution in [-0.4, -0.2) is 22.8 Å². The van der Waals surface area contributed by atoms with Gasteiger partial charge < -0.3 is 11.1 Å². The predicted molar refractivity (Wildman–Crippen MR) is 97.1 cm³/mol. The van der Waals surface area contributed by atoms with Crippen molar-refractivity contribution in [2.45, 2.75) is 12.5 Å². The number of benzene rings is 2. The van der Waals surface area contributed by atoms with Crippen LogP contribution in [0.25, 0.3) is 10.9 Å². The molecular formula is C20H16N4O2. The van der Waals surface area contributed by atoms with Crippen molar-refractivity contribution in [2.24, 2.45) is 5.73 Å². The molecule has 26 heavy (non-hydrogen) atoms. The molecule has 0 saturated heterocycles. The fraction of sp³-hybridized carbons (Fsp3) is 0.100. The highest BCUT2D eigenvalue weighted by Gasteiger charge is 2.22. The van der Waals surface area contributed by atoms with Crippen LogP contribution in [0, 0.1) is 11.3 Å². The van der Waals surface area contributed by atoms with Crippen LogP contribution in [0.3, 0.4) is 0 Å². The number of aromatic nitrogens is 1.